The summed E-state index contributed by atoms with van der Waals surface area (Å²) >= 11 is 0. The number of β-amino-alcohol motifs (C(OH)–C–C–N with tert-alkyl or cyclic N) is 1. The number of fused-ring (bicyclic) bond motifs is 2. The fraction of sp³-hybridized carbons (Fsp3) is 0.304. The SMILES string of the molecule is COc1ccc(C2c3c(oc4c(C)cc(C)cc4c3=O)C(=O)N2CCO)cc1OC. The van der Waals surface area contributed by atoms with Gasteiger partial charge in [0, 0.05) is 6.54 Å². The van der Waals surface area contributed by atoms with E-state index in [-0.39, 0.29) is 29.9 Å². The van der Waals surface area contributed by atoms with Crippen LogP contribution in [0.1, 0.15) is 38.9 Å². The molecule has 1 atom stereocenters. The number of ether oxygens (including phenoxy) is 2. The largest absolute Gasteiger partial charge is 0.493 e. The molecule has 0 saturated carbocycles. The molecule has 3 aromatic rings. The first-order valence-electron chi connectivity index (χ1n) is 9.63. The molecule has 0 aliphatic carbocycles. The number of aryl methyl sites for hydroxylation is 2. The fourth-order valence-corrected chi connectivity index (χ4v) is 4.18. The van der Waals surface area contributed by atoms with Crippen molar-refractivity contribution in [1.29, 1.82) is 0 Å². The van der Waals surface area contributed by atoms with Crippen LogP contribution in [0.3, 0.4) is 0 Å². The predicted molar refractivity (Wildman–Crippen MR) is 111 cm³/mol. The highest BCUT2D eigenvalue weighted by Crippen LogP contribution is 2.41. The van der Waals surface area contributed by atoms with E-state index in [2.05, 4.69) is 0 Å². The first kappa shape index (κ1) is 20.0. The van der Waals surface area contributed by atoms with E-state index in [1.807, 2.05) is 19.9 Å². The minimum absolute atomic E-state index is 0.0210. The van der Waals surface area contributed by atoms with E-state index in [0.29, 0.717) is 28.0 Å². The highest BCUT2D eigenvalue weighted by molar-refractivity contribution is 5.99. The summed E-state index contributed by atoms with van der Waals surface area (Å²) in [6, 6.07) is 8.24. The lowest BCUT2D eigenvalue weighted by Crippen LogP contribution is -2.32. The summed E-state index contributed by atoms with van der Waals surface area (Å²) in [5, 5.41) is 10.0. The first-order valence-corrected chi connectivity index (χ1v) is 9.63. The van der Waals surface area contributed by atoms with Crippen molar-refractivity contribution in [2.45, 2.75) is 19.9 Å². The lowest BCUT2D eigenvalue weighted by molar-refractivity contribution is 0.0691. The van der Waals surface area contributed by atoms with Crippen molar-refractivity contribution < 1.29 is 23.8 Å². The quantitative estimate of drug-likeness (QED) is 0.697. The smallest absolute Gasteiger partial charge is 0.290 e. The van der Waals surface area contributed by atoms with Crippen LogP contribution in [0.2, 0.25) is 0 Å². The zero-order chi connectivity index (χ0) is 21.6. The van der Waals surface area contributed by atoms with Gasteiger partial charge in [0.05, 0.1) is 37.8 Å². The molecule has 4 rings (SSSR count). The topological polar surface area (TPSA) is 89.2 Å². The van der Waals surface area contributed by atoms with E-state index in [1.54, 1.807) is 24.3 Å². The first-order chi connectivity index (χ1) is 14.4. The number of aliphatic hydroxyl groups excluding tert-OH is 1. The van der Waals surface area contributed by atoms with Gasteiger partial charge in [0.25, 0.3) is 5.91 Å². The van der Waals surface area contributed by atoms with Crippen molar-refractivity contribution >= 4 is 16.9 Å². The van der Waals surface area contributed by atoms with Crippen LogP contribution >= 0.6 is 0 Å². The number of aliphatic hydroxyl groups is 1. The van der Waals surface area contributed by atoms with Crippen molar-refractivity contribution in [3.8, 4) is 11.5 Å². The Morgan fingerprint density at radius 3 is 2.47 bits per heavy atom. The van der Waals surface area contributed by atoms with Gasteiger partial charge in [-0.15, -0.1) is 0 Å². The third kappa shape index (κ3) is 2.93. The summed E-state index contributed by atoms with van der Waals surface area (Å²) < 4.78 is 16.7. The maximum atomic E-state index is 13.5. The maximum Gasteiger partial charge on any atom is 0.290 e. The molecule has 0 saturated heterocycles. The molecule has 0 spiro atoms. The third-order valence-electron chi connectivity index (χ3n) is 5.46. The minimum atomic E-state index is -0.694. The fourth-order valence-electron chi connectivity index (χ4n) is 4.18. The zero-order valence-corrected chi connectivity index (χ0v) is 17.3. The number of nitrogens with zero attached hydrogens (tertiary/aromatic N) is 1. The molecular formula is C23H23NO6. The summed E-state index contributed by atoms with van der Waals surface area (Å²) in [6.45, 7) is 3.58. The second kappa shape index (κ2) is 7.50. The Balaban J connectivity index is 2.01. The number of benzene rings is 2. The summed E-state index contributed by atoms with van der Waals surface area (Å²) in [5.74, 6) is 0.624. The number of amides is 1. The maximum absolute atomic E-state index is 13.5. The average Bonchev–Trinajstić information content (AvgIpc) is 3.01. The van der Waals surface area contributed by atoms with Crippen molar-refractivity contribution in [2.24, 2.45) is 0 Å². The van der Waals surface area contributed by atoms with Gasteiger partial charge in [0.2, 0.25) is 5.76 Å². The molecule has 0 radical (unpaired) electrons. The molecule has 1 aromatic heterocycles. The summed E-state index contributed by atoms with van der Waals surface area (Å²) in [7, 11) is 3.06. The molecule has 0 bridgehead atoms. The van der Waals surface area contributed by atoms with E-state index in [9.17, 15) is 14.7 Å². The van der Waals surface area contributed by atoms with Crippen molar-refractivity contribution in [1.82, 2.24) is 4.90 Å². The normalized spacial score (nSPS) is 15.6. The molecule has 0 fully saturated rings. The van der Waals surface area contributed by atoms with Crippen LogP contribution in [-0.4, -0.2) is 43.3 Å². The summed E-state index contributed by atoms with van der Waals surface area (Å²) in [5.41, 5.74) is 2.84. The molecule has 7 heteroatoms. The van der Waals surface area contributed by atoms with Crippen LogP contribution < -0.4 is 14.9 Å². The lowest BCUT2D eigenvalue weighted by Gasteiger charge is -2.24. The van der Waals surface area contributed by atoms with E-state index in [0.717, 1.165) is 11.1 Å². The van der Waals surface area contributed by atoms with Crippen LogP contribution in [-0.2, 0) is 0 Å². The number of rotatable bonds is 5. The summed E-state index contributed by atoms with van der Waals surface area (Å²) in [6.07, 6.45) is 0. The third-order valence-corrected chi connectivity index (χ3v) is 5.46. The second-order valence-corrected chi connectivity index (χ2v) is 7.37. The molecule has 1 aliphatic rings. The Morgan fingerprint density at radius 1 is 1.07 bits per heavy atom. The van der Waals surface area contributed by atoms with Gasteiger partial charge >= 0.3 is 0 Å². The predicted octanol–water partition coefficient (Wildman–Crippen LogP) is 2.96. The van der Waals surface area contributed by atoms with Crippen molar-refractivity contribution in [3.63, 3.8) is 0 Å². The highest BCUT2D eigenvalue weighted by Gasteiger charge is 2.42. The van der Waals surface area contributed by atoms with Crippen LogP contribution in [0.15, 0.2) is 39.5 Å². The molecule has 1 N–H and O–H groups in total. The van der Waals surface area contributed by atoms with Crippen LogP contribution in [0, 0.1) is 13.8 Å². The molecule has 2 heterocycles. The highest BCUT2D eigenvalue weighted by atomic mass is 16.5. The zero-order valence-electron chi connectivity index (χ0n) is 17.3. The summed E-state index contributed by atoms with van der Waals surface area (Å²) in [4.78, 5) is 28.1. The Labute approximate surface area is 173 Å². The van der Waals surface area contributed by atoms with E-state index < -0.39 is 11.9 Å². The van der Waals surface area contributed by atoms with E-state index in [1.165, 1.54) is 19.1 Å². The van der Waals surface area contributed by atoms with Gasteiger partial charge in [0.1, 0.15) is 5.58 Å². The molecule has 1 amide bonds. The van der Waals surface area contributed by atoms with E-state index >= 15 is 0 Å². The van der Waals surface area contributed by atoms with E-state index in [4.69, 9.17) is 13.9 Å². The number of hydrogen-bond donors (Lipinski definition) is 1. The van der Waals surface area contributed by atoms with Crippen molar-refractivity contribution in [3.05, 3.63) is 68.6 Å². The van der Waals surface area contributed by atoms with Crippen molar-refractivity contribution in [2.75, 3.05) is 27.4 Å². The van der Waals surface area contributed by atoms with Gasteiger partial charge in [-0.25, -0.2) is 0 Å². The Morgan fingerprint density at radius 2 is 1.80 bits per heavy atom. The van der Waals surface area contributed by atoms with Crippen LogP contribution in [0.5, 0.6) is 11.5 Å². The van der Waals surface area contributed by atoms with Gasteiger partial charge in [0.15, 0.2) is 16.9 Å². The standard InChI is InChI=1S/C23H23NO6/c1-12-9-13(2)21-15(10-12)20(26)18-19(24(7-8-25)23(27)22(18)30-21)14-5-6-16(28-3)17(11-14)29-4/h5-6,9-11,19,25H,7-8H2,1-4H3. The Kier molecular flexibility index (Phi) is 4.99. The van der Waals surface area contributed by atoms with Gasteiger partial charge in [-0.05, 0) is 48.7 Å². The van der Waals surface area contributed by atoms with Gasteiger partial charge in [-0.3, -0.25) is 9.59 Å². The van der Waals surface area contributed by atoms with Gasteiger partial charge in [-0.1, -0.05) is 12.1 Å². The second-order valence-electron chi connectivity index (χ2n) is 7.37. The number of carbonyl (C=O) groups is 1. The van der Waals surface area contributed by atoms with Crippen LogP contribution in [0.4, 0.5) is 0 Å². The minimum Gasteiger partial charge on any atom is -0.493 e. The number of hydrogen-bond acceptors (Lipinski definition) is 6. The van der Waals surface area contributed by atoms with Crippen LogP contribution in [0.25, 0.3) is 11.0 Å². The van der Waals surface area contributed by atoms with Gasteiger partial charge < -0.3 is 23.9 Å². The average molecular weight is 409 g/mol. The monoisotopic (exact) mass is 409 g/mol. The number of methoxy groups -OCH3 is 2. The molecule has 7 nitrogen and oxygen atoms in total. The molecule has 1 unspecified atom stereocenters. The lowest BCUT2D eigenvalue weighted by atomic mass is 9.97. The van der Waals surface area contributed by atoms with Gasteiger partial charge in [-0.2, -0.15) is 0 Å². The Hall–Kier alpha value is -3.32. The molecule has 2 aromatic carbocycles. The Bertz CT molecular complexity index is 1210. The molecule has 30 heavy (non-hydrogen) atoms. The molecule has 1 aliphatic heterocycles. The number of carbonyl (C=O) groups excluding carboxylic acids is 1. The molecule has 156 valence electrons. The molecular weight excluding hydrogens is 386 g/mol.